The molecule has 0 heterocycles. The maximum absolute atomic E-state index is 12.1. The molecule has 4 rings (SSSR count). The van der Waals surface area contributed by atoms with Gasteiger partial charge in [-0.25, -0.2) is 0 Å². The van der Waals surface area contributed by atoms with Crippen LogP contribution >= 0.6 is 0 Å². The monoisotopic (exact) mass is 288 g/mol. The summed E-state index contributed by atoms with van der Waals surface area (Å²) < 4.78 is 0. The van der Waals surface area contributed by atoms with E-state index in [1.165, 1.54) is 5.39 Å². The number of carbonyl (C=O) groups is 1. The van der Waals surface area contributed by atoms with E-state index >= 15 is 0 Å². The standard InChI is InChI=1S/C20H16O2/c21-18-7-3-6-17-16(18)10-11-19(22)20(17)15-9-8-13-4-1-2-5-14(13)12-15/h1-2,4-5,8-12,22H,3,6-7H2. The summed E-state index contributed by atoms with van der Waals surface area (Å²) in [5.41, 5.74) is 3.55. The molecule has 0 fully saturated rings. The van der Waals surface area contributed by atoms with E-state index in [-0.39, 0.29) is 11.5 Å². The number of hydrogen-bond acceptors (Lipinski definition) is 2. The summed E-state index contributed by atoms with van der Waals surface area (Å²) in [4.78, 5) is 12.1. The van der Waals surface area contributed by atoms with Crippen LogP contribution in [0.3, 0.4) is 0 Å². The normalized spacial score (nSPS) is 14.1. The van der Waals surface area contributed by atoms with Crippen molar-refractivity contribution in [1.29, 1.82) is 0 Å². The molecule has 0 spiro atoms. The first-order chi connectivity index (χ1) is 10.7. The molecule has 0 unspecified atom stereocenters. The first kappa shape index (κ1) is 13.1. The first-order valence-electron chi connectivity index (χ1n) is 7.61. The number of phenolic OH excluding ortho intramolecular Hbond substituents is 1. The third-order valence-corrected chi connectivity index (χ3v) is 4.46. The Morgan fingerprint density at radius 2 is 1.68 bits per heavy atom. The Kier molecular flexibility index (Phi) is 2.97. The highest BCUT2D eigenvalue weighted by molar-refractivity contribution is 6.01. The SMILES string of the molecule is O=C1CCCc2c1ccc(O)c2-c1ccc2ccccc2c1. The highest BCUT2D eigenvalue weighted by Crippen LogP contribution is 2.39. The number of ketones is 1. The molecule has 0 aliphatic heterocycles. The second-order valence-corrected chi connectivity index (χ2v) is 5.82. The Hall–Kier alpha value is -2.61. The smallest absolute Gasteiger partial charge is 0.163 e. The van der Waals surface area contributed by atoms with Crippen molar-refractivity contribution in [2.75, 3.05) is 0 Å². The maximum Gasteiger partial charge on any atom is 0.163 e. The average Bonchev–Trinajstić information content (AvgIpc) is 2.54. The quantitative estimate of drug-likeness (QED) is 0.702. The Labute approximate surface area is 129 Å². The molecule has 108 valence electrons. The Morgan fingerprint density at radius 1 is 0.864 bits per heavy atom. The molecule has 0 radical (unpaired) electrons. The van der Waals surface area contributed by atoms with Gasteiger partial charge in [-0.3, -0.25) is 4.79 Å². The predicted molar refractivity (Wildman–Crippen MR) is 88.3 cm³/mol. The molecule has 2 nitrogen and oxygen atoms in total. The maximum atomic E-state index is 12.1. The van der Waals surface area contributed by atoms with E-state index in [0.717, 1.165) is 40.5 Å². The lowest BCUT2D eigenvalue weighted by Crippen LogP contribution is -2.11. The zero-order chi connectivity index (χ0) is 15.1. The van der Waals surface area contributed by atoms with Gasteiger partial charge < -0.3 is 5.11 Å². The minimum absolute atomic E-state index is 0.184. The molecular formula is C20H16O2. The van der Waals surface area contributed by atoms with Crippen molar-refractivity contribution in [3.05, 3.63) is 65.7 Å². The molecule has 1 N–H and O–H groups in total. The number of Topliss-reactive ketones (excluding diaryl/α,β-unsaturated/α-hetero) is 1. The molecule has 0 saturated heterocycles. The lowest BCUT2D eigenvalue weighted by Gasteiger charge is -2.20. The molecule has 0 atom stereocenters. The van der Waals surface area contributed by atoms with Gasteiger partial charge in [-0.1, -0.05) is 36.4 Å². The van der Waals surface area contributed by atoms with Gasteiger partial charge in [0.05, 0.1) is 0 Å². The zero-order valence-electron chi connectivity index (χ0n) is 12.2. The average molecular weight is 288 g/mol. The van der Waals surface area contributed by atoms with Crippen LogP contribution in [0, 0.1) is 0 Å². The van der Waals surface area contributed by atoms with Gasteiger partial charge in [-0.15, -0.1) is 0 Å². The molecule has 22 heavy (non-hydrogen) atoms. The molecule has 1 aliphatic carbocycles. The summed E-state index contributed by atoms with van der Waals surface area (Å²) >= 11 is 0. The van der Waals surface area contributed by atoms with Crippen molar-refractivity contribution >= 4 is 16.6 Å². The van der Waals surface area contributed by atoms with E-state index in [4.69, 9.17) is 0 Å². The van der Waals surface area contributed by atoms with E-state index in [1.54, 1.807) is 12.1 Å². The van der Waals surface area contributed by atoms with Gasteiger partial charge in [-0.05, 0) is 52.9 Å². The van der Waals surface area contributed by atoms with E-state index < -0.39 is 0 Å². The minimum Gasteiger partial charge on any atom is -0.507 e. The Morgan fingerprint density at radius 3 is 2.55 bits per heavy atom. The number of fused-ring (bicyclic) bond motifs is 2. The fourth-order valence-corrected chi connectivity index (χ4v) is 3.38. The molecule has 0 bridgehead atoms. The molecule has 1 aliphatic rings. The van der Waals surface area contributed by atoms with Crippen LogP contribution in [-0.4, -0.2) is 10.9 Å². The van der Waals surface area contributed by atoms with Crippen LogP contribution in [0.25, 0.3) is 21.9 Å². The molecule has 3 aromatic carbocycles. The summed E-state index contributed by atoms with van der Waals surface area (Å²) in [5, 5.41) is 12.7. The van der Waals surface area contributed by atoms with Gasteiger partial charge in [0, 0.05) is 17.5 Å². The van der Waals surface area contributed by atoms with Crippen molar-refractivity contribution in [3.8, 4) is 16.9 Å². The number of phenols is 1. The van der Waals surface area contributed by atoms with E-state index in [2.05, 4.69) is 24.3 Å². The van der Waals surface area contributed by atoms with Gasteiger partial charge in [0.15, 0.2) is 5.78 Å². The van der Waals surface area contributed by atoms with Gasteiger partial charge in [0.25, 0.3) is 0 Å². The lowest BCUT2D eigenvalue weighted by molar-refractivity contribution is 0.0972. The Balaban J connectivity index is 1.97. The zero-order valence-corrected chi connectivity index (χ0v) is 12.2. The summed E-state index contributed by atoms with van der Waals surface area (Å²) in [6, 6.07) is 17.7. The van der Waals surface area contributed by atoms with Crippen molar-refractivity contribution < 1.29 is 9.90 Å². The predicted octanol–water partition coefficient (Wildman–Crippen LogP) is 4.73. The Bertz CT molecular complexity index is 893. The van der Waals surface area contributed by atoms with Crippen LogP contribution in [0.4, 0.5) is 0 Å². The van der Waals surface area contributed by atoms with Gasteiger partial charge in [0.2, 0.25) is 0 Å². The van der Waals surface area contributed by atoms with Crippen LogP contribution in [0.2, 0.25) is 0 Å². The van der Waals surface area contributed by atoms with Crippen LogP contribution < -0.4 is 0 Å². The molecule has 0 saturated carbocycles. The number of aromatic hydroxyl groups is 1. The van der Waals surface area contributed by atoms with Crippen LogP contribution in [0.15, 0.2) is 54.6 Å². The van der Waals surface area contributed by atoms with Crippen LogP contribution in [-0.2, 0) is 6.42 Å². The first-order valence-corrected chi connectivity index (χ1v) is 7.61. The van der Waals surface area contributed by atoms with Crippen LogP contribution in [0.5, 0.6) is 5.75 Å². The molecular weight excluding hydrogens is 272 g/mol. The fraction of sp³-hybridized carbons (Fsp3) is 0.150. The second-order valence-electron chi connectivity index (χ2n) is 5.82. The van der Waals surface area contributed by atoms with Crippen molar-refractivity contribution in [2.24, 2.45) is 0 Å². The minimum atomic E-state index is 0.184. The largest absolute Gasteiger partial charge is 0.507 e. The summed E-state index contributed by atoms with van der Waals surface area (Å²) in [7, 11) is 0. The molecule has 0 amide bonds. The highest BCUT2D eigenvalue weighted by atomic mass is 16.3. The van der Waals surface area contributed by atoms with Gasteiger partial charge >= 0.3 is 0 Å². The molecule has 3 aromatic rings. The number of hydrogen-bond donors (Lipinski definition) is 1. The van der Waals surface area contributed by atoms with Crippen molar-refractivity contribution in [2.45, 2.75) is 19.3 Å². The lowest BCUT2D eigenvalue weighted by atomic mass is 9.84. The van der Waals surface area contributed by atoms with E-state index in [9.17, 15) is 9.90 Å². The molecule has 0 aromatic heterocycles. The number of carbonyl (C=O) groups excluding carboxylic acids is 1. The van der Waals surface area contributed by atoms with Gasteiger partial charge in [0.1, 0.15) is 5.75 Å². The van der Waals surface area contributed by atoms with Crippen LogP contribution in [0.1, 0.15) is 28.8 Å². The fourth-order valence-electron chi connectivity index (χ4n) is 3.38. The highest BCUT2D eigenvalue weighted by Gasteiger charge is 2.22. The summed E-state index contributed by atoms with van der Waals surface area (Å²) in [5.74, 6) is 0.437. The van der Waals surface area contributed by atoms with E-state index in [0.29, 0.717) is 6.42 Å². The summed E-state index contributed by atoms with van der Waals surface area (Å²) in [6.45, 7) is 0. The third-order valence-electron chi connectivity index (χ3n) is 4.46. The topological polar surface area (TPSA) is 37.3 Å². The van der Waals surface area contributed by atoms with E-state index in [1.807, 2.05) is 18.2 Å². The van der Waals surface area contributed by atoms with Crippen molar-refractivity contribution in [1.82, 2.24) is 0 Å². The molecule has 2 heteroatoms. The number of rotatable bonds is 1. The van der Waals surface area contributed by atoms with Gasteiger partial charge in [-0.2, -0.15) is 0 Å². The second kappa shape index (κ2) is 4.99. The van der Waals surface area contributed by atoms with Crippen molar-refractivity contribution in [3.63, 3.8) is 0 Å². The number of benzene rings is 3. The summed E-state index contributed by atoms with van der Waals surface area (Å²) in [6.07, 6.45) is 2.31. The third kappa shape index (κ3) is 2.00.